The molecule has 0 aliphatic carbocycles. The van der Waals surface area contributed by atoms with Crippen LogP contribution < -0.4 is 5.32 Å². The number of nitrogens with zero attached hydrogens (tertiary/aromatic N) is 4. The van der Waals surface area contributed by atoms with Crippen molar-refractivity contribution in [3.8, 4) is 0 Å². The van der Waals surface area contributed by atoms with E-state index in [9.17, 15) is 9.59 Å². The molecule has 0 aliphatic heterocycles. The van der Waals surface area contributed by atoms with Gasteiger partial charge in [0.1, 0.15) is 6.33 Å². The molecule has 8 nitrogen and oxygen atoms in total. The van der Waals surface area contributed by atoms with Crippen molar-refractivity contribution in [2.45, 2.75) is 39.2 Å². The van der Waals surface area contributed by atoms with Crippen LogP contribution in [0.3, 0.4) is 0 Å². The highest BCUT2D eigenvalue weighted by molar-refractivity contribution is 5.95. The lowest BCUT2D eigenvalue weighted by Crippen LogP contribution is -2.36. The van der Waals surface area contributed by atoms with E-state index in [0.29, 0.717) is 29.9 Å². The third-order valence-corrected chi connectivity index (χ3v) is 3.23. The van der Waals surface area contributed by atoms with Crippen molar-refractivity contribution in [1.29, 1.82) is 0 Å². The van der Waals surface area contributed by atoms with Crippen LogP contribution in [0, 0.1) is 0 Å². The molecule has 112 valence electrons. The summed E-state index contributed by atoms with van der Waals surface area (Å²) in [6, 6.07) is -0.411. The number of rotatable bonds is 6. The molecule has 0 aliphatic rings. The molecule has 8 heteroatoms. The summed E-state index contributed by atoms with van der Waals surface area (Å²) in [7, 11) is 0. The van der Waals surface area contributed by atoms with Gasteiger partial charge >= 0.3 is 5.97 Å². The summed E-state index contributed by atoms with van der Waals surface area (Å²) < 4.78 is 1.52. The molecule has 0 radical (unpaired) electrons. The molecule has 2 aromatic heterocycles. The van der Waals surface area contributed by atoms with Gasteiger partial charge in [-0.25, -0.2) is 9.50 Å². The summed E-state index contributed by atoms with van der Waals surface area (Å²) in [6.45, 7) is 3.73. The number of aromatic nitrogens is 4. The molecule has 0 bridgehead atoms. The molecule has 2 rings (SSSR count). The Hall–Kier alpha value is -2.51. The second-order valence-corrected chi connectivity index (χ2v) is 4.62. The van der Waals surface area contributed by atoms with E-state index in [2.05, 4.69) is 20.4 Å². The third kappa shape index (κ3) is 3.15. The van der Waals surface area contributed by atoms with Crippen LogP contribution in [-0.2, 0) is 11.2 Å². The van der Waals surface area contributed by atoms with E-state index in [4.69, 9.17) is 5.11 Å². The Kier molecular flexibility index (Phi) is 4.46. The number of nitrogens with one attached hydrogen (secondary N) is 1. The summed E-state index contributed by atoms with van der Waals surface area (Å²) in [5, 5.41) is 15.6. The summed E-state index contributed by atoms with van der Waals surface area (Å²) in [5.41, 5.74) is 1.08. The molecule has 0 saturated carbocycles. The number of amides is 1. The summed E-state index contributed by atoms with van der Waals surface area (Å²) in [6.07, 6.45) is 3.84. The van der Waals surface area contributed by atoms with Crippen LogP contribution in [0.1, 0.15) is 42.7 Å². The Morgan fingerprint density at radius 3 is 2.76 bits per heavy atom. The molecule has 0 saturated heterocycles. The molecule has 1 unspecified atom stereocenters. The number of aliphatic carboxylic acids is 1. The van der Waals surface area contributed by atoms with Gasteiger partial charge in [0.25, 0.3) is 11.7 Å². The van der Waals surface area contributed by atoms with Gasteiger partial charge in [-0.15, -0.1) is 0 Å². The molecule has 2 heterocycles. The fourth-order valence-electron chi connectivity index (χ4n) is 2.13. The van der Waals surface area contributed by atoms with Crippen molar-refractivity contribution in [1.82, 2.24) is 24.9 Å². The first-order valence-electron chi connectivity index (χ1n) is 6.77. The van der Waals surface area contributed by atoms with Gasteiger partial charge in [-0.1, -0.05) is 13.8 Å². The van der Waals surface area contributed by atoms with Gasteiger partial charge in [-0.05, 0) is 12.8 Å². The number of fused-ring (bicyclic) bond motifs is 1. The van der Waals surface area contributed by atoms with Gasteiger partial charge < -0.3 is 10.4 Å². The third-order valence-electron chi connectivity index (χ3n) is 3.23. The molecule has 1 atom stereocenters. The lowest BCUT2D eigenvalue weighted by atomic mass is 10.1. The van der Waals surface area contributed by atoms with Gasteiger partial charge in [0.15, 0.2) is 0 Å². The monoisotopic (exact) mass is 291 g/mol. The highest BCUT2D eigenvalue weighted by Crippen LogP contribution is 2.11. The fraction of sp³-hybridized carbons (Fsp3) is 0.462. The zero-order chi connectivity index (χ0) is 15.4. The maximum atomic E-state index is 12.3. The predicted octanol–water partition coefficient (Wildman–Crippen LogP) is 0.670. The van der Waals surface area contributed by atoms with Gasteiger partial charge in [0.05, 0.1) is 17.7 Å². The standard InChI is InChI=1S/C13H17N5O3/c1-3-8(5-11(19)20)17-12(21)9-6-14-13-15-7-16-18(13)10(9)4-2/h6-8H,3-5H2,1-2H3,(H,17,21)(H,19,20). The summed E-state index contributed by atoms with van der Waals surface area (Å²) >= 11 is 0. The highest BCUT2D eigenvalue weighted by atomic mass is 16.4. The first-order chi connectivity index (χ1) is 10.1. The quantitative estimate of drug-likeness (QED) is 0.809. The smallest absolute Gasteiger partial charge is 0.305 e. The molecule has 2 aromatic rings. The minimum atomic E-state index is -0.942. The van der Waals surface area contributed by atoms with E-state index in [-0.39, 0.29) is 12.3 Å². The van der Waals surface area contributed by atoms with E-state index < -0.39 is 12.0 Å². The molecular formula is C13H17N5O3. The zero-order valence-corrected chi connectivity index (χ0v) is 11.9. The van der Waals surface area contributed by atoms with E-state index in [1.165, 1.54) is 17.0 Å². The summed E-state index contributed by atoms with van der Waals surface area (Å²) in [5.74, 6) is -0.853. The Labute approximate surface area is 121 Å². The maximum Gasteiger partial charge on any atom is 0.305 e. The first kappa shape index (κ1) is 14.9. The lowest BCUT2D eigenvalue weighted by Gasteiger charge is -2.16. The Bertz CT molecular complexity index is 667. The number of carbonyl (C=O) groups is 2. The van der Waals surface area contributed by atoms with Crippen LogP contribution in [0.5, 0.6) is 0 Å². The maximum absolute atomic E-state index is 12.3. The van der Waals surface area contributed by atoms with Gasteiger partial charge in [0.2, 0.25) is 0 Å². The van der Waals surface area contributed by atoms with Crippen molar-refractivity contribution in [3.63, 3.8) is 0 Å². The van der Waals surface area contributed by atoms with Crippen LogP contribution >= 0.6 is 0 Å². The van der Waals surface area contributed by atoms with Gasteiger partial charge in [-0.2, -0.15) is 10.1 Å². The van der Waals surface area contributed by atoms with Gasteiger partial charge in [0, 0.05) is 12.2 Å². The zero-order valence-electron chi connectivity index (χ0n) is 11.9. The molecule has 0 spiro atoms. The van der Waals surface area contributed by atoms with Crippen molar-refractivity contribution in [3.05, 3.63) is 23.8 Å². The molecule has 21 heavy (non-hydrogen) atoms. The van der Waals surface area contributed by atoms with E-state index >= 15 is 0 Å². The van der Waals surface area contributed by atoms with Crippen LogP contribution in [0.15, 0.2) is 12.5 Å². The molecule has 0 aromatic carbocycles. The minimum Gasteiger partial charge on any atom is -0.481 e. The van der Waals surface area contributed by atoms with Crippen molar-refractivity contribution in [2.75, 3.05) is 0 Å². The number of hydrogen-bond acceptors (Lipinski definition) is 5. The SMILES string of the molecule is CCc1c(C(=O)NC(CC)CC(=O)O)cnc2ncnn12. The van der Waals surface area contributed by atoms with Crippen LogP contribution in [0.25, 0.3) is 5.78 Å². The van der Waals surface area contributed by atoms with Crippen LogP contribution in [-0.4, -0.2) is 42.6 Å². The van der Waals surface area contributed by atoms with Crippen LogP contribution in [0.4, 0.5) is 0 Å². The number of hydrogen-bond donors (Lipinski definition) is 2. The van der Waals surface area contributed by atoms with Crippen molar-refractivity contribution >= 4 is 17.7 Å². The summed E-state index contributed by atoms with van der Waals surface area (Å²) in [4.78, 5) is 31.2. The van der Waals surface area contributed by atoms with E-state index in [1.807, 2.05) is 13.8 Å². The molecule has 1 amide bonds. The Morgan fingerprint density at radius 1 is 1.38 bits per heavy atom. The van der Waals surface area contributed by atoms with Crippen molar-refractivity contribution < 1.29 is 14.7 Å². The highest BCUT2D eigenvalue weighted by Gasteiger charge is 2.19. The number of carboxylic acids is 1. The molecule has 2 N–H and O–H groups in total. The fourth-order valence-corrected chi connectivity index (χ4v) is 2.13. The minimum absolute atomic E-state index is 0.108. The van der Waals surface area contributed by atoms with E-state index in [0.717, 1.165) is 0 Å². The predicted molar refractivity (Wildman–Crippen MR) is 74.0 cm³/mol. The van der Waals surface area contributed by atoms with E-state index in [1.54, 1.807) is 0 Å². The lowest BCUT2D eigenvalue weighted by molar-refractivity contribution is -0.137. The number of aryl methyl sites for hydroxylation is 1. The average molecular weight is 291 g/mol. The number of carbonyl (C=O) groups excluding carboxylic acids is 1. The largest absolute Gasteiger partial charge is 0.481 e. The van der Waals surface area contributed by atoms with Gasteiger partial charge in [-0.3, -0.25) is 9.59 Å². The van der Waals surface area contributed by atoms with Crippen molar-refractivity contribution in [2.24, 2.45) is 0 Å². The van der Waals surface area contributed by atoms with Crippen LogP contribution in [0.2, 0.25) is 0 Å². The Morgan fingerprint density at radius 2 is 2.14 bits per heavy atom. The average Bonchev–Trinajstić information content (AvgIpc) is 2.93. The molecule has 0 fully saturated rings. The number of carboxylic acid groups (broad SMARTS) is 1. The normalized spacial score (nSPS) is 12.3. The molecular weight excluding hydrogens is 274 g/mol. The second kappa shape index (κ2) is 6.29. The topological polar surface area (TPSA) is 109 Å². The first-order valence-corrected chi connectivity index (χ1v) is 6.77. The second-order valence-electron chi connectivity index (χ2n) is 4.62. The Balaban J connectivity index is 2.28.